The number of piperidine rings is 1. The van der Waals surface area contributed by atoms with Gasteiger partial charge in [0.05, 0.1) is 0 Å². The van der Waals surface area contributed by atoms with E-state index in [1.165, 1.54) is 30.4 Å². The molecule has 1 aromatic rings. The molecule has 0 bridgehead atoms. The van der Waals surface area contributed by atoms with Crippen LogP contribution in [0.25, 0.3) is 0 Å². The van der Waals surface area contributed by atoms with Gasteiger partial charge in [0.25, 0.3) is 5.91 Å². The molecule has 0 unspecified atom stereocenters. The third-order valence-electron chi connectivity index (χ3n) is 4.70. The first-order chi connectivity index (χ1) is 10.1. The van der Waals surface area contributed by atoms with E-state index in [1.807, 2.05) is 17.9 Å². The third-order valence-corrected chi connectivity index (χ3v) is 4.70. The first-order valence-electron chi connectivity index (χ1n) is 8.21. The molecule has 3 rings (SSSR count). The Morgan fingerprint density at radius 1 is 1.29 bits per heavy atom. The zero-order chi connectivity index (χ0) is 14.8. The zero-order valence-electron chi connectivity index (χ0n) is 13.1. The molecule has 114 valence electrons. The van der Waals surface area contributed by atoms with Crippen molar-refractivity contribution in [3.8, 4) is 5.75 Å². The number of hydrogen-bond donors (Lipinski definition) is 0. The van der Waals surface area contributed by atoms with Crippen LogP contribution in [0, 0.1) is 5.92 Å². The lowest BCUT2D eigenvalue weighted by molar-refractivity contribution is -0.139. The third kappa shape index (κ3) is 3.22. The molecule has 0 spiro atoms. The number of nitrogens with zero attached hydrogens (tertiary/aromatic N) is 1. The molecule has 1 aliphatic carbocycles. The number of carbonyl (C=O) groups is 1. The molecule has 1 amide bonds. The van der Waals surface area contributed by atoms with Crippen LogP contribution in [0.15, 0.2) is 18.2 Å². The Morgan fingerprint density at radius 3 is 2.90 bits per heavy atom. The van der Waals surface area contributed by atoms with Gasteiger partial charge in [-0.05, 0) is 68.2 Å². The van der Waals surface area contributed by atoms with E-state index in [-0.39, 0.29) is 5.91 Å². The zero-order valence-corrected chi connectivity index (χ0v) is 13.1. The van der Waals surface area contributed by atoms with E-state index >= 15 is 0 Å². The summed E-state index contributed by atoms with van der Waals surface area (Å²) in [6, 6.07) is 6.27. The highest BCUT2D eigenvalue weighted by Crippen LogP contribution is 2.27. The Bertz CT molecular complexity index is 526. The van der Waals surface area contributed by atoms with E-state index in [0.29, 0.717) is 5.92 Å². The van der Waals surface area contributed by atoms with Crippen LogP contribution in [0.5, 0.6) is 5.75 Å². The Kier molecular flexibility index (Phi) is 4.18. The lowest BCUT2D eigenvalue weighted by atomic mass is 10.00. The van der Waals surface area contributed by atoms with E-state index in [0.717, 1.165) is 31.7 Å². The molecule has 0 aromatic heterocycles. The molecule has 3 heteroatoms. The van der Waals surface area contributed by atoms with Gasteiger partial charge in [-0.25, -0.2) is 0 Å². The van der Waals surface area contributed by atoms with E-state index in [1.54, 1.807) is 0 Å². The standard InChI is InChI=1S/C18H25NO2/c1-13-5-4-10-19(12-13)18(20)14(2)21-17-9-8-15-6-3-7-16(15)11-17/h8-9,11,13-14H,3-7,10,12H2,1-2H3/t13-,14+/m0/s1. The number of amides is 1. The van der Waals surface area contributed by atoms with E-state index < -0.39 is 6.10 Å². The molecular weight excluding hydrogens is 262 g/mol. The van der Waals surface area contributed by atoms with Crippen LogP contribution in [0.2, 0.25) is 0 Å². The summed E-state index contributed by atoms with van der Waals surface area (Å²) in [5, 5.41) is 0. The van der Waals surface area contributed by atoms with Crippen molar-refractivity contribution in [2.75, 3.05) is 13.1 Å². The molecule has 1 aliphatic heterocycles. The van der Waals surface area contributed by atoms with Crippen LogP contribution in [0.3, 0.4) is 0 Å². The van der Waals surface area contributed by atoms with Crippen LogP contribution in [-0.2, 0) is 17.6 Å². The maximum absolute atomic E-state index is 12.5. The van der Waals surface area contributed by atoms with Crippen molar-refractivity contribution in [3.05, 3.63) is 29.3 Å². The van der Waals surface area contributed by atoms with Crippen molar-refractivity contribution >= 4 is 5.91 Å². The largest absolute Gasteiger partial charge is 0.481 e. The van der Waals surface area contributed by atoms with Crippen molar-refractivity contribution in [2.24, 2.45) is 5.92 Å². The van der Waals surface area contributed by atoms with Gasteiger partial charge >= 0.3 is 0 Å². The first-order valence-corrected chi connectivity index (χ1v) is 8.21. The molecule has 1 fully saturated rings. The monoisotopic (exact) mass is 287 g/mol. The molecule has 2 aliphatic rings. The molecule has 1 saturated heterocycles. The molecule has 21 heavy (non-hydrogen) atoms. The van der Waals surface area contributed by atoms with Gasteiger partial charge in [-0.2, -0.15) is 0 Å². The highest BCUT2D eigenvalue weighted by atomic mass is 16.5. The SMILES string of the molecule is C[C@H]1CCCN(C(=O)[C@@H](C)Oc2ccc3c(c2)CCC3)C1. The molecule has 1 aromatic carbocycles. The summed E-state index contributed by atoms with van der Waals surface area (Å²) in [4.78, 5) is 14.4. The van der Waals surface area contributed by atoms with Crippen LogP contribution < -0.4 is 4.74 Å². The summed E-state index contributed by atoms with van der Waals surface area (Å²) in [6.07, 6.45) is 5.49. The van der Waals surface area contributed by atoms with Gasteiger partial charge in [-0.3, -0.25) is 4.79 Å². The number of carbonyl (C=O) groups excluding carboxylic acids is 1. The predicted molar refractivity (Wildman–Crippen MR) is 83.5 cm³/mol. The maximum atomic E-state index is 12.5. The Balaban J connectivity index is 1.62. The lowest BCUT2D eigenvalue weighted by Gasteiger charge is -2.32. The second-order valence-electron chi connectivity index (χ2n) is 6.58. The summed E-state index contributed by atoms with van der Waals surface area (Å²) in [7, 11) is 0. The number of rotatable bonds is 3. The fraction of sp³-hybridized carbons (Fsp3) is 0.611. The van der Waals surface area contributed by atoms with Crippen molar-refractivity contribution < 1.29 is 9.53 Å². The first kappa shape index (κ1) is 14.4. The summed E-state index contributed by atoms with van der Waals surface area (Å²) in [6.45, 7) is 5.83. The predicted octanol–water partition coefficient (Wildman–Crippen LogP) is 3.20. The number of aryl methyl sites for hydroxylation is 2. The van der Waals surface area contributed by atoms with Gasteiger partial charge in [0.15, 0.2) is 6.10 Å². The smallest absolute Gasteiger partial charge is 0.263 e. The minimum Gasteiger partial charge on any atom is -0.481 e. The van der Waals surface area contributed by atoms with Crippen molar-refractivity contribution in [3.63, 3.8) is 0 Å². The van der Waals surface area contributed by atoms with Crippen LogP contribution >= 0.6 is 0 Å². The van der Waals surface area contributed by atoms with Gasteiger partial charge in [-0.1, -0.05) is 13.0 Å². The summed E-state index contributed by atoms with van der Waals surface area (Å²) in [5.74, 6) is 1.57. The maximum Gasteiger partial charge on any atom is 0.263 e. The van der Waals surface area contributed by atoms with E-state index in [2.05, 4.69) is 19.1 Å². The number of benzene rings is 1. The normalized spacial score (nSPS) is 22.8. The van der Waals surface area contributed by atoms with Crippen molar-refractivity contribution in [2.45, 2.75) is 52.1 Å². The van der Waals surface area contributed by atoms with Crippen LogP contribution in [-0.4, -0.2) is 30.0 Å². The molecule has 2 atom stereocenters. The van der Waals surface area contributed by atoms with E-state index in [4.69, 9.17) is 4.74 Å². The fourth-order valence-electron chi connectivity index (χ4n) is 3.52. The molecule has 1 heterocycles. The number of likely N-dealkylation sites (tertiary alicyclic amines) is 1. The van der Waals surface area contributed by atoms with Crippen LogP contribution in [0.1, 0.15) is 44.2 Å². The highest BCUT2D eigenvalue weighted by molar-refractivity contribution is 5.81. The summed E-state index contributed by atoms with van der Waals surface area (Å²) in [5.41, 5.74) is 2.82. The second-order valence-corrected chi connectivity index (χ2v) is 6.58. The van der Waals surface area contributed by atoms with Gasteiger partial charge in [0.2, 0.25) is 0 Å². The Morgan fingerprint density at radius 2 is 2.10 bits per heavy atom. The number of ether oxygens (including phenoxy) is 1. The summed E-state index contributed by atoms with van der Waals surface area (Å²) >= 11 is 0. The number of hydrogen-bond acceptors (Lipinski definition) is 2. The highest BCUT2D eigenvalue weighted by Gasteiger charge is 2.26. The topological polar surface area (TPSA) is 29.5 Å². The minimum absolute atomic E-state index is 0.127. The Labute approximate surface area is 127 Å². The quantitative estimate of drug-likeness (QED) is 0.854. The average Bonchev–Trinajstić information content (AvgIpc) is 2.94. The van der Waals surface area contributed by atoms with Crippen LogP contribution in [0.4, 0.5) is 0 Å². The number of fused-ring (bicyclic) bond motifs is 1. The Hall–Kier alpha value is -1.51. The molecular formula is C18H25NO2. The average molecular weight is 287 g/mol. The van der Waals surface area contributed by atoms with E-state index in [9.17, 15) is 4.79 Å². The molecule has 3 nitrogen and oxygen atoms in total. The minimum atomic E-state index is -0.394. The molecule has 0 saturated carbocycles. The fourth-order valence-corrected chi connectivity index (χ4v) is 3.52. The van der Waals surface area contributed by atoms with Gasteiger partial charge in [0.1, 0.15) is 5.75 Å². The molecule has 0 radical (unpaired) electrons. The molecule has 0 N–H and O–H groups in total. The van der Waals surface area contributed by atoms with Gasteiger partial charge in [-0.15, -0.1) is 0 Å². The van der Waals surface area contributed by atoms with Gasteiger partial charge < -0.3 is 9.64 Å². The summed E-state index contributed by atoms with van der Waals surface area (Å²) < 4.78 is 5.90. The van der Waals surface area contributed by atoms with Gasteiger partial charge in [0, 0.05) is 13.1 Å². The van der Waals surface area contributed by atoms with Crippen molar-refractivity contribution in [1.82, 2.24) is 4.90 Å². The lowest BCUT2D eigenvalue weighted by Crippen LogP contribution is -2.45. The van der Waals surface area contributed by atoms with Crippen molar-refractivity contribution in [1.29, 1.82) is 0 Å². The second kappa shape index (κ2) is 6.08.